The van der Waals surface area contributed by atoms with Gasteiger partial charge in [-0.3, -0.25) is 10.1 Å². The summed E-state index contributed by atoms with van der Waals surface area (Å²) in [6.07, 6.45) is 2.61. The first-order chi connectivity index (χ1) is 8.97. The number of oxazole rings is 1. The summed E-state index contributed by atoms with van der Waals surface area (Å²) >= 11 is 5.63. The molecule has 0 bridgehead atoms. The van der Waals surface area contributed by atoms with Crippen LogP contribution in [0, 0.1) is 17.0 Å². The molecule has 2 aromatic rings. The molecule has 0 aliphatic heterocycles. The quantitative estimate of drug-likeness (QED) is 0.522. The van der Waals surface area contributed by atoms with E-state index in [9.17, 15) is 10.1 Å². The molecule has 100 valence electrons. The first-order valence-electron chi connectivity index (χ1n) is 5.33. The van der Waals surface area contributed by atoms with Gasteiger partial charge in [0.05, 0.1) is 11.1 Å². The highest BCUT2D eigenvalue weighted by molar-refractivity contribution is 6.28. The first kappa shape index (κ1) is 13.2. The van der Waals surface area contributed by atoms with Gasteiger partial charge in [-0.2, -0.15) is 4.98 Å². The van der Waals surface area contributed by atoms with E-state index in [2.05, 4.69) is 20.3 Å². The van der Waals surface area contributed by atoms with Crippen LogP contribution in [0.15, 0.2) is 16.8 Å². The number of nitrogens with one attached hydrogen (secondary N) is 1. The summed E-state index contributed by atoms with van der Waals surface area (Å²) < 4.78 is 5.33. The Kier molecular flexibility index (Phi) is 3.61. The Balaban J connectivity index is 2.27. The van der Waals surface area contributed by atoms with Gasteiger partial charge in [0, 0.05) is 0 Å². The fourth-order valence-corrected chi connectivity index (χ4v) is 1.57. The van der Waals surface area contributed by atoms with E-state index < -0.39 is 11.0 Å². The minimum Gasteiger partial charge on any atom is -0.444 e. The number of anilines is 1. The van der Waals surface area contributed by atoms with Gasteiger partial charge in [-0.1, -0.05) is 0 Å². The van der Waals surface area contributed by atoms with Crippen molar-refractivity contribution < 1.29 is 9.34 Å². The molecular formula is C10H10ClN5O3. The van der Waals surface area contributed by atoms with Gasteiger partial charge < -0.3 is 9.73 Å². The Bertz CT molecular complexity index is 615. The molecule has 1 N–H and O–H groups in total. The highest BCUT2D eigenvalue weighted by Gasteiger charge is 2.20. The van der Waals surface area contributed by atoms with Gasteiger partial charge in [-0.25, -0.2) is 9.97 Å². The van der Waals surface area contributed by atoms with Gasteiger partial charge in [-0.15, -0.1) is 0 Å². The fraction of sp³-hybridized carbons (Fsp3) is 0.300. The van der Waals surface area contributed by atoms with Crippen LogP contribution in [0.1, 0.15) is 24.6 Å². The summed E-state index contributed by atoms with van der Waals surface area (Å²) in [6, 6.07) is -0.390. The highest BCUT2D eigenvalue weighted by Crippen LogP contribution is 2.26. The third kappa shape index (κ3) is 2.97. The number of hydrogen-bond acceptors (Lipinski definition) is 7. The van der Waals surface area contributed by atoms with Gasteiger partial charge in [0.2, 0.25) is 17.0 Å². The molecule has 0 aliphatic rings. The molecule has 2 rings (SSSR count). The van der Waals surface area contributed by atoms with Crippen molar-refractivity contribution >= 4 is 23.1 Å². The van der Waals surface area contributed by atoms with Gasteiger partial charge in [0.1, 0.15) is 18.0 Å². The van der Waals surface area contributed by atoms with Crippen LogP contribution in [-0.2, 0) is 0 Å². The van der Waals surface area contributed by atoms with Crippen LogP contribution < -0.4 is 5.32 Å². The van der Waals surface area contributed by atoms with E-state index in [-0.39, 0.29) is 16.8 Å². The molecule has 1 unspecified atom stereocenters. The molecule has 0 amide bonds. The molecule has 19 heavy (non-hydrogen) atoms. The smallest absolute Gasteiger partial charge is 0.329 e. The molecule has 8 nitrogen and oxygen atoms in total. The molecule has 0 saturated heterocycles. The summed E-state index contributed by atoms with van der Waals surface area (Å²) in [5.74, 6) is 1.08. The molecule has 9 heteroatoms. The number of halogens is 1. The van der Waals surface area contributed by atoms with Crippen LogP contribution >= 0.6 is 11.6 Å². The Hall–Kier alpha value is -2.22. The van der Waals surface area contributed by atoms with E-state index in [0.717, 1.165) is 6.20 Å². The van der Waals surface area contributed by atoms with Crippen molar-refractivity contribution in [3.8, 4) is 0 Å². The van der Waals surface area contributed by atoms with E-state index >= 15 is 0 Å². The molecular weight excluding hydrogens is 274 g/mol. The summed E-state index contributed by atoms with van der Waals surface area (Å²) in [7, 11) is 0. The summed E-state index contributed by atoms with van der Waals surface area (Å²) in [5, 5.41) is 13.6. The van der Waals surface area contributed by atoms with E-state index in [1.54, 1.807) is 20.0 Å². The Morgan fingerprint density at radius 3 is 2.79 bits per heavy atom. The van der Waals surface area contributed by atoms with Crippen LogP contribution in [0.3, 0.4) is 0 Å². The zero-order valence-electron chi connectivity index (χ0n) is 10.1. The second-order valence-corrected chi connectivity index (χ2v) is 4.14. The molecule has 0 fully saturated rings. The predicted molar refractivity (Wildman–Crippen MR) is 67.0 cm³/mol. The van der Waals surface area contributed by atoms with Crippen molar-refractivity contribution in [2.75, 3.05) is 5.32 Å². The van der Waals surface area contributed by atoms with Crippen LogP contribution in [-0.4, -0.2) is 19.9 Å². The minimum absolute atomic E-state index is 0.0216. The van der Waals surface area contributed by atoms with Gasteiger partial charge in [0.25, 0.3) is 0 Å². The average molecular weight is 284 g/mol. The molecule has 1 atom stereocenters. The van der Waals surface area contributed by atoms with Crippen molar-refractivity contribution in [3.05, 3.63) is 39.4 Å². The van der Waals surface area contributed by atoms with Gasteiger partial charge in [-0.05, 0) is 25.4 Å². The zero-order chi connectivity index (χ0) is 14.0. The maximum absolute atomic E-state index is 10.9. The van der Waals surface area contributed by atoms with Gasteiger partial charge in [0.15, 0.2) is 0 Å². The standard InChI is InChI=1S/C10H10ClN5O3/c1-5-3-12-9(19-5)6(2)14-8-7(16(17)18)4-13-10(11)15-8/h3-4,6H,1-2H3,(H,13,14,15). The molecule has 2 aromatic heterocycles. The number of aryl methyl sites for hydroxylation is 1. The van der Waals surface area contributed by atoms with Crippen molar-refractivity contribution in [1.82, 2.24) is 15.0 Å². The van der Waals surface area contributed by atoms with Crippen LogP contribution in [0.25, 0.3) is 0 Å². The molecule has 0 aliphatic carbocycles. The maximum atomic E-state index is 10.9. The second-order valence-electron chi connectivity index (χ2n) is 3.81. The van der Waals surface area contributed by atoms with Crippen molar-refractivity contribution in [1.29, 1.82) is 0 Å². The highest BCUT2D eigenvalue weighted by atomic mass is 35.5. The van der Waals surface area contributed by atoms with Crippen LogP contribution in [0.2, 0.25) is 5.28 Å². The Labute approximate surface area is 113 Å². The average Bonchev–Trinajstić information content (AvgIpc) is 2.75. The SMILES string of the molecule is Cc1cnc(C(C)Nc2nc(Cl)ncc2[N+](=O)[O-])o1. The molecule has 0 spiro atoms. The number of aromatic nitrogens is 3. The zero-order valence-corrected chi connectivity index (χ0v) is 10.9. The first-order valence-corrected chi connectivity index (χ1v) is 5.71. The Morgan fingerprint density at radius 2 is 2.21 bits per heavy atom. The van der Waals surface area contributed by atoms with Crippen molar-refractivity contribution in [2.45, 2.75) is 19.9 Å². The lowest BCUT2D eigenvalue weighted by Gasteiger charge is -2.10. The molecule has 2 heterocycles. The number of nitrogens with zero attached hydrogens (tertiary/aromatic N) is 4. The van der Waals surface area contributed by atoms with Crippen LogP contribution in [0.4, 0.5) is 11.5 Å². The van der Waals surface area contributed by atoms with Gasteiger partial charge >= 0.3 is 5.69 Å². The number of rotatable bonds is 4. The van der Waals surface area contributed by atoms with Crippen molar-refractivity contribution in [2.24, 2.45) is 0 Å². The van der Waals surface area contributed by atoms with E-state index in [1.165, 1.54) is 0 Å². The summed E-state index contributed by atoms with van der Waals surface area (Å²) in [6.45, 7) is 3.50. The lowest BCUT2D eigenvalue weighted by atomic mass is 10.3. The number of hydrogen-bond donors (Lipinski definition) is 1. The topological polar surface area (TPSA) is 107 Å². The lowest BCUT2D eigenvalue weighted by molar-refractivity contribution is -0.384. The minimum atomic E-state index is -0.591. The Morgan fingerprint density at radius 1 is 1.47 bits per heavy atom. The lowest BCUT2D eigenvalue weighted by Crippen LogP contribution is -2.10. The number of nitro groups is 1. The van der Waals surface area contributed by atoms with E-state index in [1.807, 2.05) is 0 Å². The largest absolute Gasteiger partial charge is 0.444 e. The van der Waals surface area contributed by atoms with Crippen molar-refractivity contribution in [3.63, 3.8) is 0 Å². The molecule has 0 aromatic carbocycles. The third-order valence-corrected chi connectivity index (χ3v) is 2.48. The summed E-state index contributed by atoms with van der Waals surface area (Å²) in [5.41, 5.74) is -0.264. The maximum Gasteiger partial charge on any atom is 0.329 e. The predicted octanol–water partition coefficient (Wildman–Crippen LogP) is 2.51. The van der Waals surface area contributed by atoms with Crippen LogP contribution in [0.5, 0.6) is 0 Å². The molecule has 0 saturated carbocycles. The van der Waals surface area contributed by atoms with E-state index in [0.29, 0.717) is 11.7 Å². The molecule has 0 radical (unpaired) electrons. The fourth-order valence-electron chi connectivity index (χ4n) is 1.43. The second kappa shape index (κ2) is 5.19. The third-order valence-electron chi connectivity index (χ3n) is 2.30. The normalized spacial score (nSPS) is 12.2. The summed E-state index contributed by atoms with van der Waals surface area (Å²) in [4.78, 5) is 21.7. The monoisotopic (exact) mass is 283 g/mol. The van der Waals surface area contributed by atoms with E-state index in [4.69, 9.17) is 16.0 Å².